The monoisotopic (exact) mass is 245 g/mol. The van der Waals surface area contributed by atoms with Crippen molar-refractivity contribution in [2.75, 3.05) is 13.2 Å². The van der Waals surface area contributed by atoms with E-state index in [2.05, 4.69) is 12.2 Å². The second kappa shape index (κ2) is 4.71. The second-order valence-electron chi connectivity index (χ2n) is 3.71. The van der Waals surface area contributed by atoms with Crippen LogP contribution in [0.15, 0.2) is 18.2 Å². The van der Waals surface area contributed by atoms with Crippen molar-refractivity contribution in [3.8, 4) is 0 Å². The Kier molecular flexibility index (Phi) is 3.52. The molecule has 1 saturated heterocycles. The molecule has 1 aliphatic rings. The number of hydrogen-bond acceptors (Lipinski definition) is 2. The van der Waals surface area contributed by atoms with E-state index < -0.39 is 0 Å². The highest BCUT2D eigenvalue weighted by atomic mass is 35.5. The molecule has 1 aliphatic heterocycles. The first kappa shape index (κ1) is 11.2. The Morgan fingerprint density at radius 1 is 1.33 bits per heavy atom. The van der Waals surface area contributed by atoms with E-state index in [1.54, 1.807) is 0 Å². The van der Waals surface area contributed by atoms with Gasteiger partial charge in [0.05, 0.1) is 22.8 Å². The Morgan fingerprint density at radius 2 is 2.13 bits per heavy atom. The highest BCUT2D eigenvalue weighted by molar-refractivity contribution is 6.42. The van der Waals surface area contributed by atoms with Gasteiger partial charge in [-0.15, -0.1) is 0 Å². The zero-order valence-corrected chi connectivity index (χ0v) is 9.98. The quantitative estimate of drug-likeness (QED) is 0.822. The van der Waals surface area contributed by atoms with Crippen molar-refractivity contribution in [3.05, 3.63) is 33.8 Å². The second-order valence-corrected chi connectivity index (χ2v) is 4.52. The fraction of sp³-hybridized carbons (Fsp3) is 0.455. The van der Waals surface area contributed by atoms with E-state index in [1.165, 1.54) is 0 Å². The lowest BCUT2D eigenvalue weighted by Crippen LogP contribution is -2.41. The third kappa shape index (κ3) is 2.45. The minimum absolute atomic E-state index is 0.0634. The summed E-state index contributed by atoms with van der Waals surface area (Å²) in [7, 11) is 0. The highest BCUT2D eigenvalue weighted by Crippen LogP contribution is 2.29. The molecule has 1 fully saturated rings. The van der Waals surface area contributed by atoms with E-state index in [1.807, 2.05) is 18.2 Å². The highest BCUT2D eigenvalue weighted by Gasteiger charge is 2.23. The van der Waals surface area contributed by atoms with Crippen molar-refractivity contribution in [1.29, 1.82) is 0 Å². The van der Waals surface area contributed by atoms with Gasteiger partial charge in [0.25, 0.3) is 0 Å². The molecule has 0 radical (unpaired) electrons. The molecule has 0 amide bonds. The Balaban J connectivity index is 2.24. The van der Waals surface area contributed by atoms with E-state index in [4.69, 9.17) is 27.9 Å². The van der Waals surface area contributed by atoms with Crippen LogP contribution < -0.4 is 5.32 Å². The molecule has 1 heterocycles. The Morgan fingerprint density at radius 3 is 2.80 bits per heavy atom. The van der Waals surface area contributed by atoms with Crippen molar-refractivity contribution in [1.82, 2.24) is 5.32 Å². The third-order valence-corrected chi connectivity index (χ3v) is 3.33. The predicted molar refractivity (Wildman–Crippen MR) is 62.6 cm³/mol. The van der Waals surface area contributed by atoms with Crippen molar-refractivity contribution in [2.45, 2.75) is 19.1 Å². The number of hydrogen-bond donors (Lipinski definition) is 1. The molecule has 2 nitrogen and oxygen atoms in total. The molecular weight excluding hydrogens is 233 g/mol. The molecule has 2 atom stereocenters. The average Bonchev–Trinajstić information content (AvgIpc) is 2.23. The largest absolute Gasteiger partial charge is 0.371 e. The van der Waals surface area contributed by atoms with Gasteiger partial charge in [0.1, 0.15) is 0 Å². The fourth-order valence-corrected chi connectivity index (χ4v) is 2.10. The molecule has 2 unspecified atom stereocenters. The van der Waals surface area contributed by atoms with Crippen LogP contribution >= 0.6 is 23.2 Å². The Bertz CT molecular complexity index is 356. The third-order valence-electron chi connectivity index (χ3n) is 2.59. The molecule has 15 heavy (non-hydrogen) atoms. The summed E-state index contributed by atoms with van der Waals surface area (Å²) in [5.74, 6) is 0. The first-order valence-corrected chi connectivity index (χ1v) is 5.74. The number of rotatable bonds is 1. The maximum Gasteiger partial charge on any atom is 0.0976 e. The molecule has 4 heteroatoms. The molecular formula is C11H13Cl2NO. The molecule has 82 valence electrons. The average molecular weight is 246 g/mol. The smallest absolute Gasteiger partial charge is 0.0976 e. The topological polar surface area (TPSA) is 21.3 Å². The summed E-state index contributed by atoms with van der Waals surface area (Å²) in [4.78, 5) is 0. The lowest BCUT2D eigenvalue weighted by atomic mass is 10.0. The summed E-state index contributed by atoms with van der Waals surface area (Å²) in [6.45, 7) is 3.74. The number of ether oxygens (including phenoxy) is 1. The van der Waals surface area contributed by atoms with Crippen molar-refractivity contribution in [3.63, 3.8) is 0 Å². The molecule has 0 saturated carbocycles. The molecule has 0 aliphatic carbocycles. The van der Waals surface area contributed by atoms with Gasteiger partial charge < -0.3 is 10.1 Å². The normalized spacial score (nSPS) is 26.6. The van der Waals surface area contributed by atoms with Crippen LogP contribution in [0.3, 0.4) is 0 Å². The summed E-state index contributed by atoms with van der Waals surface area (Å²) in [5, 5.41) is 4.52. The summed E-state index contributed by atoms with van der Waals surface area (Å²) >= 11 is 11.8. The molecule has 2 rings (SSSR count). The van der Waals surface area contributed by atoms with Crippen LogP contribution in [0.5, 0.6) is 0 Å². The fourth-order valence-electron chi connectivity index (χ4n) is 1.80. The van der Waals surface area contributed by atoms with Crippen LogP contribution in [0.2, 0.25) is 10.0 Å². The molecule has 1 N–H and O–H groups in total. The number of morpholine rings is 1. The number of halogens is 2. The van der Waals surface area contributed by atoms with Gasteiger partial charge in [-0.3, -0.25) is 0 Å². The predicted octanol–water partition coefficient (Wildman–Crippen LogP) is 3.04. The van der Waals surface area contributed by atoms with Gasteiger partial charge in [0.2, 0.25) is 0 Å². The van der Waals surface area contributed by atoms with Gasteiger partial charge in [0.15, 0.2) is 0 Å². The minimum atomic E-state index is 0.0634. The van der Waals surface area contributed by atoms with Gasteiger partial charge in [0, 0.05) is 12.6 Å². The summed E-state index contributed by atoms with van der Waals surface area (Å²) in [6.07, 6.45) is 0.0634. The van der Waals surface area contributed by atoms with Crippen molar-refractivity contribution >= 4 is 23.2 Å². The molecule has 1 aromatic carbocycles. The van der Waals surface area contributed by atoms with Crippen LogP contribution in [0.4, 0.5) is 0 Å². The lowest BCUT2D eigenvalue weighted by molar-refractivity contribution is -0.000216. The molecule has 0 spiro atoms. The van der Waals surface area contributed by atoms with Gasteiger partial charge in [-0.1, -0.05) is 29.3 Å². The van der Waals surface area contributed by atoms with E-state index >= 15 is 0 Å². The lowest BCUT2D eigenvalue weighted by Gasteiger charge is -2.30. The number of nitrogens with one attached hydrogen (secondary N) is 1. The van der Waals surface area contributed by atoms with Crippen LogP contribution in [0.25, 0.3) is 0 Å². The van der Waals surface area contributed by atoms with Gasteiger partial charge in [-0.2, -0.15) is 0 Å². The van der Waals surface area contributed by atoms with Crippen LogP contribution in [-0.2, 0) is 4.74 Å². The van der Waals surface area contributed by atoms with Crippen molar-refractivity contribution < 1.29 is 4.74 Å². The zero-order chi connectivity index (χ0) is 10.8. The summed E-state index contributed by atoms with van der Waals surface area (Å²) in [6, 6.07) is 5.95. The Hall–Kier alpha value is -0.280. The molecule has 0 bridgehead atoms. The SMILES string of the molecule is CC1NCCOC1c1ccc(Cl)c(Cl)c1. The zero-order valence-electron chi connectivity index (χ0n) is 8.47. The van der Waals surface area contributed by atoms with E-state index in [9.17, 15) is 0 Å². The summed E-state index contributed by atoms with van der Waals surface area (Å²) in [5.41, 5.74) is 1.07. The van der Waals surface area contributed by atoms with Crippen LogP contribution in [0.1, 0.15) is 18.6 Å². The van der Waals surface area contributed by atoms with E-state index in [-0.39, 0.29) is 6.10 Å². The first-order chi connectivity index (χ1) is 7.18. The summed E-state index contributed by atoms with van der Waals surface area (Å²) < 4.78 is 5.71. The maximum atomic E-state index is 5.97. The van der Waals surface area contributed by atoms with Gasteiger partial charge in [-0.25, -0.2) is 0 Å². The van der Waals surface area contributed by atoms with Crippen LogP contribution in [-0.4, -0.2) is 19.2 Å². The maximum absolute atomic E-state index is 5.97. The molecule has 0 aromatic heterocycles. The van der Waals surface area contributed by atoms with Crippen molar-refractivity contribution in [2.24, 2.45) is 0 Å². The first-order valence-electron chi connectivity index (χ1n) is 4.98. The van der Waals surface area contributed by atoms with E-state index in [0.29, 0.717) is 16.1 Å². The molecule has 1 aromatic rings. The van der Waals surface area contributed by atoms with Crippen LogP contribution in [0, 0.1) is 0 Å². The van der Waals surface area contributed by atoms with Gasteiger partial charge >= 0.3 is 0 Å². The van der Waals surface area contributed by atoms with Gasteiger partial charge in [-0.05, 0) is 24.6 Å². The Labute approximate surface area is 99.5 Å². The minimum Gasteiger partial charge on any atom is -0.371 e. The standard InChI is InChI=1S/C11H13Cl2NO/c1-7-11(15-5-4-14-7)8-2-3-9(12)10(13)6-8/h2-3,6-7,11,14H,4-5H2,1H3. The number of benzene rings is 1. The van der Waals surface area contributed by atoms with E-state index in [0.717, 1.165) is 18.7 Å².